The van der Waals surface area contributed by atoms with Gasteiger partial charge in [-0.15, -0.1) is 0 Å². The van der Waals surface area contributed by atoms with E-state index >= 15 is 0 Å². The lowest BCUT2D eigenvalue weighted by molar-refractivity contribution is -0.122. The molecule has 0 spiro atoms. The van der Waals surface area contributed by atoms with E-state index in [0.717, 1.165) is 10.6 Å². The first-order valence-corrected chi connectivity index (χ1v) is 7.01. The van der Waals surface area contributed by atoms with Gasteiger partial charge in [0, 0.05) is 17.3 Å². The van der Waals surface area contributed by atoms with Crippen molar-refractivity contribution in [3.63, 3.8) is 0 Å². The molecular formula is C14H13ClN4O5. The highest BCUT2D eigenvalue weighted by Gasteiger charge is 2.13. The van der Waals surface area contributed by atoms with Crippen molar-refractivity contribution in [1.29, 1.82) is 0 Å². The third-order valence-corrected chi connectivity index (χ3v) is 3.17. The molecule has 9 nitrogen and oxygen atoms in total. The Labute approximate surface area is 140 Å². The van der Waals surface area contributed by atoms with Crippen molar-refractivity contribution in [2.24, 2.45) is 0 Å². The second kappa shape index (κ2) is 7.47. The average molecular weight is 353 g/mol. The first kappa shape index (κ1) is 17.3. The second-order valence-electron chi connectivity index (χ2n) is 4.58. The molecular weight excluding hydrogens is 340 g/mol. The SMILES string of the molecule is COc1cc(Cl)ccc1C(=O)NNC(=O)Cn1ccc(=O)[nH]c1=O. The van der Waals surface area contributed by atoms with Crippen LogP contribution < -0.4 is 26.8 Å². The fourth-order valence-corrected chi connectivity index (χ4v) is 1.97. The van der Waals surface area contributed by atoms with Gasteiger partial charge in [-0.2, -0.15) is 0 Å². The van der Waals surface area contributed by atoms with E-state index in [2.05, 4.69) is 10.9 Å². The van der Waals surface area contributed by atoms with Gasteiger partial charge in [-0.1, -0.05) is 11.6 Å². The summed E-state index contributed by atoms with van der Waals surface area (Å²) in [5, 5.41) is 0.393. The number of aromatic nitrogens is 2. The van der Waals surface area contributed by atoms with E-state index in [9.17, 15) is 19.2 Å². The van der Waals surface area contributed by atoms with Crippen LogP contribution in [-0.2, 0) is 11.3 Å². The third kappa shape index (κ3) is 4.23. The standard InChI is InChI=1S/C14H13ClN4O5/c1-24-10-6-8(15)2-3-9(10)13(22)18-17-12(21)7-19-5-4-11(20)16-14(19)23/h2-6H,7H2,1H3,(H,17,21)(H,18,22)(H,16,20,23). The van der Waals surface area contributed by atoms with Crippen molar-refractivity contribution in [1.82, 2.24) is 20.4 Å². The van der Waals surface area contributed by atoms with E-state index in [4.69, 9.17) is 16.3 Å². The van der Waals surface area contributed by atoms with Gasteiger partial charge in [0.25, 0.3) is 17.4 Å². The number of ether oxygens (including phenoxy) is 1. The molecule has 10 heteroatoms. The Morgan fingerprint density at radius 3 is 2.67 bits per heavy atom. The lowest BCUT2D eigenvalue weighted by atomic mass is 10.2. The maximum absolute atomic E-state index is 12.0. The molecule has 0 radical (unpaired) electrons. The van der Waals surface area contributed by atoms with Gasteiger partial charge in [0.15, 0.2) is 0 Å². The van der Waals surface area contributed by atoms with Crippen molar-refractivity contribution in [2.45, 2.75) is 6.54 Å². The van der Waals surface area contributed by atoms with Crippen LogP contribution in [0.4, 0.5) is 0 Å². The largest absolute Gasteiger partial charge is 0.496 e. The fourth-order valence-electron chi connectivity index (χ4n) is 1.81. The number of carbonyl (C=O) groups is 2. The molecule has 2 rings (SSSR count). The van der Waals surface area contributed by atoms with Crippen LogP contribution in [0.15, 0.2) is 40.1 Å². The molecule has 0 aliphatic rings. The van der Waals surface area contributed by atoms with Crippen molar-refractivity contribution >= 4 is 23.4 Å². The molecule has 2 aromatic rings. The van der Waals surface area contributed by atoms with Crippen LogP contribution in [0.1, 0.15) is 10.4 Å². The summed E-state index contributed by atoms with van der Waals surface area (Å²) in [5.74, 6) is -1.04. The molecule has 0 aliphatic carbocycles. The molecule has 0 bridgehead atoms. The lowest BCUT2D eigenvalue weighted by Crippen LogP contribution is -2.44. The van der Waals surface area contributed by atoms with E-state index in [-0.39, 0.29) is 17.9 Å². The molecule has 0 atom stereocenters. The zero-order valence-corrected chi connectivity index (χ0v) is 13.2. The van der Waals surface area contributed by atoms with E-state index in [1.165, 1.54) is 31.5 Å². The van der Waals surface area contributed by atoms with Gasteiger partial charge in [0.1, 0.15) is 12.3 Å². The number of halogens is 1. The molecule has 0 saturated heterocycles. The monoisotopic (exact) mass is 352 g/mol. The highest BCUT2D eigenvalue weighted by Crippen LogP contribution is 2.22. The van der Waals surface area contributed by atoms with Crippen molar-refractivity contribution in [3.8, 4) is 5.75 Å². The number of hydrazine groups is 1. The van der Waals surface area contributed by atoms with E-state index in [0.29, 0.717) is 5.02 Å². The summed E-state index contributed by atoms with van der Waals surface area (Å²) in [5.41, 5.74) is 3.22. The summed E-state index contributed by atoms with van der Waals surface area (Å²) in [4.78, 5) is 48.2. The first-order valence-electron chi connectivity index (χ1n) is 6.63. The van der Waals surface area contributed by atoms with Crippen molar-refractivity contribution in [3.05, 3.63) is 61.9 Å². The van der Waals surface area contributed by atoms with Gasteiger partial charge < -0.3 is 4.74 Å². The molecule has 126 valence electrons. The maximum Gasteiger partial charge on any atom is 0.328 e. The van der Waals surface area contributed by atoms with E-state index in [1.807, 2.05) is 4.98 Å². The number of hydrogen-bond acceptors (Lipinski definition) is 5. The predicted octanol–water partition coefficient (Wildman–Crippen LogP) is -0.340. The Bertz CT molecular complexity index is 889. The third-order valence-electron chi connectivity index (χ3n) is 2.93. The lowest BCUT2D eigenvalue weighted by Gasteiger charge is -2.11. The summed E-state index contributed by atoms with van der Waals surface area (Å²) in [6, 6.07) is 5.50. The fraction of sp³-hybridized carbons (Fsp3) is 0.143. The summed E-state index contributed by atoms with van der Waals surface area (Å²) in [6.07, 6.45) is 1.17. The minimum atomic E-state index is -0.733. The number of methoxy groups -OCH3 is 1. The first-order chi connectivity index (χ1) is 11.4. The molecule has 1 heterocycles. The average Bonchev–Trinajstić information content (AvgIpc) is 2.55. The van der Waals surface area contributed by atoms with Crippen LogP contribution >= 0.6 is 11.6 Å². The zero-order valence-electron chi connectivity index (χ0n) is 12.5. The normalized spacial score (nSPS) is 10.1. The molecule has 1 aromatic carbocycles. The topological polar surface area (TPSA) is 122 Å². The number of nitrogens with zero attached hydrogens (tertiary/aromatic N) is 1. The molecule has 0 fully saturated rings. The van der Waals surface area contributed by atoms with Crippen molar-refractivity contribution in [2.75, 3.05) is 7.11 Å². The molecule has 24 heavy (non-hydrogen) atoms. The Hall–Kier alpha value is -3.07. The van der Waals surface area contributed by atoms with Crippen LogP contribution in [0.25, 0.3) is 0 Å². The van der Waals surface area contributed by atoms with Gasteiger partial charge in [-0.05, 0) is 18.2 Å². The van der Waals surface area contributed by atoms with Crippen LogP contribution in [-0.4, -0.2) is 28.5 Å². The smallest absolute Gasteiger partial charge is 0.328 e. The van der Waals surface area contributed by atoms with Crippen molar-refractivity contribution < 1.29 is 14.3 Å². The van der Waals surface area contributed by atoms with Gasteiger partial charge >= 0.3 is 5.69 Å². The molecule has 0 saturated carbocycles. The number of nitrogens with one attached hydrogen (secondary N) is 3. The summed E-state index contributed by atoms with van der Waals surface area (Å²) < 4.78 is 6.02. The van der Waals surface area contributed by atoms with Gasteiger partial charge in [-0.25, -0.2) is 4.79 Å². The van der Waals surface area contributed by atoms with Gasteiger partial charge in [0.05, 0.1) is 12.7 Å². The number of aromatic amines is 1. The Morgan fingerprint density at radius 2 is 2.00 bits per heavy atom. The Balaban J connectivity index is 2.00. The molecule has 1 aromatic heterocycles. The molecule has 3 N–H and O–H groups in total. The number of amides is 2. The number of rotatable bonds is 4. The van der Waals surface area contributed by atoms with Gasteiger partial charge in [0.2, 0.25) is 0 Å². The zero-order chi connectivity index (χ0) is 17.7. The summed E-state index contributed by atoms with van der Waals surface area (Å²) in [7, 11) is 1.38. The number of benzene rings is 1. The minimum absolute atomic E-state index is 0.170. The maximum atomic E-state index is 12.0. The highest BCUT2D eigenvalue weighted by atomic mass is 35.5. The minimum Gasteiger partial charge on any atom is -0.496 e. The van der Waals surface area contributed by atoms with Crippen LogP contribution in [0.2, 0.25) is 5.02 Å². The van der Waals surface area contributed by atoms with Gasteiger partial charge in [-0.3, -0.25) is 34.8 Å². The number of hydrogen-bond donors (Lipinski definition) is 3. The summed E-state index contributed by atoms with van der Waals surface area (Å²) in [6.45, 7) is -0.381. The quantitative estimate of drug-likeness (QED) is 0.650. The summed E-state index contributed by atoms with van der Waals surface area (Å²) >= 11 is 5.80. The molecule has 2 amide bonds. The number of H-pyrrole nitrogens is 1. The van der Waals surface area contributed by atoms with E-state index < -0.39 is 23.1 Å². The Morgan fingerprint density at radius 1 is 1.25 bits per heavy atom. The molecule has 0 aliphatic heterocycles. The predicted molar refractivity (Wildman–Crippen MR) is 84.9 cm³/mol. The molecule has 0 unspecified atom stereocenters. The Kier molecular flexibility index (Phi) is 5.38. The van der Waals surface area contributed by atoms with E-state index in [1.54, 1.807) is 0 Å². The van der Waals surface area contributed by atoms with Crippen LogP contribution in [0.3, 0.4) is 0 Å². The van der Waals surface area contributed by atoms with Crippen LogP contribution in [0, 0.1) is 0 Å². The number of carbonyl (C=O) groups excluding carboxylic acids is 2. The highest BCUT2D eigenvalue weighted by molar-refractivity contribution is 6.30. The van der Waals surface area contributed by atoms with Crippen LogP contribution in [0.5, 0.6) is 5.75 Å². The second-order valence-corrected chi connectivity index (χ2v) is 5.02.